The van der Waals surface area contributed by atoms with Gasteiger partial charge in [-0.2, -0.15) is 13.8 Å². The van der Waals surface area contributed by atoms with Crippen molar-refractivity contribution < 1.29 is 18.3 Å². The molecule has 0 radical (unpaired) electrons. The van der Waals surface area contributed by atoms with Gasteiger partial charge in [0.25, 0.3) is 0 Å². The number of halogens is 2. The van der Waals surface area contributed by atoms with Gasteiger partial charge in [-0.15, -0.1) is 5.10 Å². The van der Waals surface area contributed by atoms with Gasteiger partial charge in [0, 0.05) is 48.2 Å². The van der Waals surface area contributed by atoms with Crippen LogP contribution in [-0.4, -0.2) is 54.8 Å². The van der Waals surface area contributed by atoms with E-state index in [0.717, 1.165) is 16.6 Å². The number of alkyl halides is 2. The lowest BCUT2D eigenvalue weighted by molar-refractivity contribution is -0.169. The fraction of sp³-hybridized carbons (Fsp3) is 0.400. The van der Waals surface area contributed by atoms with Crippen LogP contribution in [0.1, 0.15) is 25.7 Å². The van der Waals surface area contributed by atoms with Crippen molar-refractivity contribution in [3.63, 3.8) is 0 Å². The van der Waals surface area contributed by atoms with Gasteiger partial charge in [0.1, 0.15) is 5.52 Å². The molecule has 0 aromatic carbocycles. The number of ether oxygens (including phenoxy) is 2. The minimum absolute atomic E-state index is 0.0857. The number of methoxy groups -OCH3 is 1. The predicted octanol–water partition coefficient (Wildman–Crippen LogP) is 3.41. The molecule has 4 aromatic rings. The SMILES string of the molecule is COc1nc(N[C@H]2CC[C@@H](OC(F)F)CC2)nn2ccc(-c3cnc4nccn4c3)c12. The fourth-order valence-electron chi connectivity index (χ4n) is 4.06. The number of hydrogen-bond donors (Lipinski definition) is 1. The number of hydrogen-bond acceptors (Lipinski definition) is 7. The number of aromatic nitrogens is 6. The van der Waals surface area contributed by atoms with E-state index in [1.807, 2.05) is 29.1 Å². The van der Waals surface area contributed by atoms with Crippen LogP contribution in [-0.2, 0) is 4.74 Å². The molecule has 1 aliphatic carbocycles. The largest absolute Gasteiger partial charge is 0.479 e. The molecule has 9 nitrogen and oxygen atoms in total. The summed E-state index contributed by atoms with van der Waals surface area (Å²) in [5.41, 5.74) is 2.49. The Kier molecular flexibility index (Phi) is 5.10. The van der Waals surface area contributed by atoms with E-state index in [-0.39, 0.29) is 6.04 Å². The molecule has 0 amide bonds. The third kappa shape index (κ3) is 3.88. The first-order valence-corrected chi connectivity index (χ1v) is 10.0. The Morgan fingerprint density at radius 1 is 1.16 bits per heavy atom. The van der Waals surface area contributed by atoms with E-state index in [2.05, 4.69) is 30.1 Å². The molecule has 31 heavy (non-hydrogen) atoms. The van der Waals surface area contributed by atoms with Crippen molar-refractivity contribution in [2.45, 2.75) is 44.4 Å². The van der Waals surface area contributed by atoms with Crippen molar-refractivity contribution in [1.82, 2.24) is 29.0 Å². The van der Waals surface area contributed by atoms with Gasteiger partial charge < -0.3 is 14.8 Å². The van der Waals surface area contributed by atoms with Crippen LogP contribution in [0.4, 0.5) is 14.7 Å². The third-order valence-corrected chi connectivity index (χ3v) is 5.53. The van der Waals surface area contributed by atoms with Crippen molar-refractivity contribution in [1.29, 1.82) is 0 Å². The maximum absolute atomic E-state index is 12.4. The maximum atomic E-state index is 12.4. The Morgan fingerprint density at radius 3 is 2.77 bits per heavy atom. The predicted molar refractivity (Wildman–Crippen MR) is 108 cm³/mol. The molecule has 5 rings (SSSR count). The van der Waals surface area contributed by atoms with Gasteiger partial charge >= 0.3 is 6.61 Å². The van der Waals surface area contributed by atoms with E-state index < -0.39 is 12.7 Å². The standard InChI is InChI=1S/C20H21F2N7O2/c1-30-17-16-15(12-10-24-20-23-7-9-28(20)11-12)6-8-29(16)27-19(26-17)25-13-2-4-14(5-3-13)31-18(21)22/h6-11,13-14,18H,2-5H2,1H3,(H,25,27)/t13-,14+. The van der Waals surface area contributed by atoms with Crippen molar-refractivity contribution in [2.24, 2.45) is 0 Å². The van der Waals surface area contributed by atoms with Crippen LogP contribution in [0.25, 0.3) is 22.4 Å². The first-order valence-electron chi connectivity index (χ1n) is 10.0. The number of imidazole rings is 1. The maximum Gasteiger partial charge on any atom is 0.345 e. The van der Waals surface area contributed by atoms with Gasteiger partial charge in [-0.1, -0.05) is 0 Å². The molecule has 0 spiro atoms. The molecule has 4 aromatic heterocycles. The first-order chi connectivity index (χ1) is 15.1. The van der Waals surface area contributed by atoms with Gasteiger partial charge in [0.05, 0.1) is 13.2 Å². The van der Waals surface area contributed by atoms with Crippen molar-refractivity contribution in [3.8, 4) is 17.0 Å². The molecule has 162 valence electrons. The van der Waals surface area contributed by atoms with Crippen LogP contribution in [0.2, 0.25) is 0 Å². The van der Waals surface area contributed by atoms with E-state index in [9.17, 15) is 8.78 Å². The summed E-state index contributed by atoms with van der Waals surface area (Å²) in [7, 11) is 1.56. The van der Waals surface area contributed by atoms with E-state index >= 15 is 0 Å². The fourth-order valence-corrected chi connectivity index (χ4v) is 4.06. The molecule has 1 fully saturated rings. The van der Waals surface area contributed by atoms with Gasteiger partial charge in [0.15, 0.2) is 0 Å². The summed E-state index contributed by atoms with van der Waals surface area (Å²) in [5, 5.41) is 7.87. The molecule has 0 atom stereocenters. The Labute approximate surface area is 176 Å². The van der Waals surface area contributed by atoms with E-state index in [0.29, 0.717) is 43.3 Å². The molecule has 1 N–H and O–H groups in total. The second-order valence-electron chi connectivity index (χ2n) is 7.46. The molecule has 1 aliphatic rings. The van der Waals surface area contributed by atoms with Crippen LogP contribution in [0, 0.1) is 0 Å². The van der Waals surface area contributed by atoms with Crippen LogP contribution in [0.5, 0.6) is 5.88 Å². The summed E-state index contributed by atoms with van der Waals surface area (Å²) < 4.78 is 38.5. The second-order valence-corrected chi connectivity index (χ2v) is 7.46. The Hall–Kier alpha value is -3.34. The van der Waals surface area contributed by atoms with Crippen molar-refractivity contribution >= 4 is 17.2 Å². The molecular weight excluding hydrogens is 408 g/mol. The lowest BCUT2D eigenvalue weighted by atomic mass is 9.93. The molecule has 11 heteroatoms. The normalized spacial score (nSPS) is 19.4. The molecule has 0 aliphatic heterocycles. The highest BCUT2D eigenvalue weighted by molar-refractivity contribution is 5.84. The van der Waals surface area contributed by atoms with Gasteiger partial charge in [-0.05, 0) is 31.7 Å². The van der Waals surface area contributed by atoms with Crippen LogP contribution in [0.15, 0.2) is 37.1 Å². The van der Waals surface area contributed by atoms with Crippen LogP contribution in [0.3, 0.4) is 0 Å². The average molecular weight is 429 g/mol. The number of nitrogens with zero attached hydrogens (tertiary/aromatic N) is 6. The monoisotopic (exact) mass is 429 g/mol. The lowest BCUT2D eigenvalue weighted by Crippen LogP contribution is -2.31. The van der Waals surface area contributed by atoms with Gasteiger partial charge in [-0.3, -0.25) is 4.40 Å². The van der Waals surface area contributed by atoms with E-state index in [1.165, 1.54) is 0 Å². The minimum atomic E-state index is -2.72. The van der Waals surface area contributed by atoms with Crippen LogP contribution < -0.4 is 10.1 Å². The molecule has 0 bridgehead atoms. The number of nitrogens with one attached hydrogen (secondary N) is 1. The first kappa shape index (κ1) is 19.6. The number of rotatable bonds is 6. The second kappa shape index (κ2) is 8.06. The highest BCUT2D eigenvalue weighted by Gasteiger charge is 2.25. The van der Waals surface area contributed by atoms with E-state index in [1.54, 1.807) is 24.0 Å². The zero-order valence-electron chi connectivity index (χ0n) is 16.8. The van der Waals surface area contributed by atoms with E-state index in [4.69, 9.17) is 4.74 Å². The molecule has 4 heterocycles. The Balaban J connectivity index is 1.39. The third-order valence-electron chi connectivity index (χ3n) is 5.53. The summed E-state index contributed by atoms with van der Waals surface area (Å²) >= 11 is 0. The lowest BCUT2D eigenvalue weighted by Gasteiger charge is -2.28. The smallest absolute Gasteiger partial charge is 0.345 e. The minimum Gasteiger partial charge on any atom is -0.479 e. The molecule has 1 saturated carbocycles. The summed E-state index contributed by atoms with van der Waals surface area (Å²) in [6.07, 6.45) is 11.2. The summed E-state index contributed by atoms with van der Waals surface area (Å²) in [6, 6.07) is 2.02. The Bertz CT molecular complexity index is 1200. The number of fused-ring (bicyclic) bond motifs is 2. The van der Waals surface area contributed by atoms with Gasteiger partial charge in [0.2, 0.25) is 17.6 Å². The van der Waals surface area contributed by atoms with Crippen molar-refractivity contribution in [2.75, 3.05) is 12.4 Å². The average Bonchev–Trinajstić information content (AvgIpc) is 3.40. The highest BCUT2D eigenvalue weighted by atomic mass is 19.3. The zero-order chi connectivity index (χ0) is 21.4. The number of anilines is 1. The van der Waals surface area contributed by atoms with Crippen LogP contribution >= 0.6 is 0 Å². The Morgan fingerprint density at radius 2 is 2.00 bits per heavy atom. The highest BCUT2D eigenvalue weighted by Crippen LogP contribution is 2.32. The van der Waals surface area contributed by atoms with Gasteiger partial charge in [-0.25, -0.2) is 14.5 Å². The summed E-state index contributed by atoms with van der Waals surface area (Å²) in [5.74, 6) is 1.47. The summed E-state index contributed by atoms with van der Waals surface area (Å²) in [6.45, 7) is -2.72. The molecular formula is C20H21F2N7O2. The zero-order valence-corrected chi connectivity index (χ0v) is 16.8. The summed E-state index contributed by atoms with van der Waals surface area (Å²) in [4.78, 5) is 13.1. The van der Waals surface area contributed by atoms with Crippen molar-refractivity contribution in [3.05, 3.63) is 37.1 Å². The molecule has 0 unspecified atom stereocenters. The molecule has 0 saturated heterocycles. The quantitative estimate of drug-likeness (QED) is 0.502. The topological polar surface area (TPSA) is 90.9 Å².